The Bertz CT molecular complexity index is 267. The number of nitrogens with one attached hydrogen (secondary N) is 1. The minimum absolute atomic E-state index is 0.159. The van der Waals surface area contributed by atoms with Crippen molar-refractivity contribution in [3.8, 4) is 0 Å². The van der Waals surface area contributed by atoms with Crippen LogP contribution in [-0.4, -0.2) is 67.1 Å². The highest BCUT2D eigenvalue weighted by Gasteiger charge is 2.32. The minimum atomic E-state index is -0.261. The van der Waals surface area contributed by atoms with Gasteiger partial charge in [-0.15, -0.1) is 0 Å². The summed E-state index contributed by atoms with van der Waals surface area (Å²) >= 11 is 0. The van der Waals surface area contributed by atoms with Gasteiger partial charge in [0.2, 0.25) is 5.91 Å². The molecule has 1 rings (SSSR count). The third kappa shape index (κ3) is 3.94. The molecule has 1 atom stereocenters. The van der Waals surface area contributed by atoms with Crippen molar-refractivity contribution >= 4 is 5.91 Å². The molecule has 3 N–H and O–H groups in total. The number of piperazine rings is 1. The molecule has 5 heteroatoms. The number of carbonyl (C=O) groups is 1. The molecule has 5 nitrogen and oxygen atoms in total. The molecule has 0 aliphatic carbocycles. The second-order valence-electron chi connectivity index (χ2n) is 5.48. The lowest BCUT2D eigenvalue weighted by Gasteiger charge is -2.46. The summed E-state index contributed by atoms with van der Waals surface area (Å²) in [7, 11) is 2.15. The fraction of sp³-hybridized carbons (Fsp3) is 0.917. The zero-order valence-corrected chi connectivity index (χ0v) is 11.5. The van der Waals surface area contributed by atoms with E-state index < -0.39 is 0 Å². The van der Waals surface area contributed by atoms with Crippen LogP contribution < -0.4 is 11.1 Å². The van der Waals surface area contributed by atoms with Gasteiger partial charge in [-0.3, -0.25) is 14.6 Å². The zero-order valence-electron chi connectivity index (χ0n) is 11.5. The lowest BCUT2D eigenvalue weighted by molar-refractivity contribution is -0.120. The molecule has 0 bridgehead atoms. The van der Waals surface area contributed by atoms with Crippen LogP contribution in [-0.2, 0) is 4.79 Å². The van der Waals surface area contributed by atoms with Crippen LogP contribution in [0.5, 0.6) is 0 Å². The van der Waals surface area contributed by atoms with E-state index in [1.165, 1.54) is 0 Å². The van der Waals surface area contributed by atoms with Crippen molar-refractivity contribution in [2.45, 2.75) is 32.4 Å². The molecule has 0 aromatic rings. The largest absolute Gasteiger partial charge is 0.368 e. The molecule has 0 spiro atoms. The van der Waals surface area contributed by atoms with Gasteiger partial charge in [-0.2, -0.15) is 0 Å². The quantitative estimate of drug-likeness (QED) is 0.681. The topological polar surface area (TPSA) is 61.6 Å². The molecule has 100 valence electrons. The van der Waals surface area contributed by atoms with Gasteiger partial charge >= 0.3 is 0 Å². The standard InChI is InChI=1S/C12H26N4O/c1-5-14-10(11(13)17)8-16-7-6-15(4)12(2,3)9-16/h10,14H,5-9H2,1-4H3,(H2,13,17). The van der Waals surface area contributed by atoms with E-state index >= 15 is 0 Å². The molecular formula is C12H26N4O. The van der Waals surface area contributed by atoms with Gasteiger partial charge in [0.25, 0.3) is 0 Å². The summed E-state index contributed by atoms with van der Waals surface area (Å²) in [5.41, 5.74) is 5.56. The van der Waals surface area contributed by atoms with Gasteiger partial charge < -0.3 is 11.1 Å². The van der Waals surface area contributed by atoms with E-state index in [9.17, 15) is 4.79 Å². The van der Waals surface area contributed by atoms with Crippen LogP contribution in [0, 0.1) is 0 Å². The third-order valence-corrected chi connectivity index (χ3v) is 3.63. The van der Waals surface area contributed by atoms with E-state index in [0.29, 0.717) is 6.54 Å². The summed E-state index contributed by atoms with van der Waals surface area (Å²) in [4.78, 5) is 16.0. The van der Waals surface area contributed by atoms with E-state index in [0.717, 1.165) is 26.2 Å². The average Bonchev–Trinajstić information content (AvgIpc) is 2.22. The van der Waals surface area contributed by atoms with Crippen molar-refractivity contribution < 1.29 is 4.79 Å². The fourth-order valence-corrected chi connectivity index (χ4v) is 2.26. The smallest absolute Gasteiger partial charge is 0.235 e. The molecule has 1 amide bonds. The molecule has 0 radical (unpaired) electrons. The highest BCUT2D eigenvalue weighted by Crippen LogP contribution is 2.18. The van der Waals surface area contributed by atoms with Gasteiger partial charge in [0.1, 0.15) is 0 Å². The summed E-state index contributed by atoms with van der Waals surface area (Å²) in [5, 5.41) is 3.14. The Morgan fingerprint density at radius 1 is 1.47 bits per heavy atom. The first-order valence-corrected chi connectivity index (χ1v) is 6.33. The van der Waals surface area contributed by atoms with Crippen LogP contribution in [0.25, 0.3) is 0 Å². The van der Waals surface area contributed by atoms with E-state index in [1.807, 2.05) is 6.92 Å². The van der Waals surface area contributed by atoms with Crippen molar-refractivity contribution in [3.63, 3.8) is 0 Å². The van der Waals surface area contributed by atoms with Crippen molar-refractivity contribution in [1.29, 1.82) is 0 Å². The number of carbonyl (C=O) groups excluding carboxylic acids is 1. The minimum Gasteiger partial charge on any atom is -0.368 e. The first kappa shape index (κ1) is 14.4. The van der Waals surface area contributed by atoms with E-state index in [4.69, 9.17) is 5.73 Å². The van der Waals surface area contributed by atoms with Gasteiger partial charge in [0, 0.05) is 31.7 Å². The summed E-state index contributed by atoms with van der Waals surface area (Å²) < 4.78 is 0. The van der Waals surface area contributed by atoms with Crippen LogP contribution in [0.15, 0.2) is 0 Å². The second-order valence-corrected chi connectivity index (χ2v) is 5.48. The van der Waals surface area contributed by atoms with Gasteiger partial charge in [-0.1, -0.05) is 6.92 Å². The molecule has 0 aromatic heterocycles. The fourth-order valence-electron chi connectivity index (χ4n) is 2.26. The van der Waals surface area contributed by atoms with Gasteiger partial charge in [-0.25, -0.2) is 0 Å². The van der Waals surface area contributed by atoms with Crippen molar-refractivity contribution in [1.82, 2.24) is 15.1 Å². The Hall–Kier alpha value is -0.650. The number of likely N-dealkylation sites (N-methyl/N-ethyl adjacent to an activating group) is 2. The van der Waals surface area contributed by atoms with Gasteiger partial charge in [0.05, 0.1) is 6.04 Å². The Morgan fingerprint density at radius 2 is 2.12 bits per heavy atom. The highest BCUT2D eigenvalue weighted by atomic mass is 16.1. The summed E-state index contributed by atoms with van der Waals surface area (Å²) in [6.45, 7) is 10.9. The summed E-state index contributed by atoms with van der Waals surface area (Å²) in [6, 6.07) is -0.237. The number of nitrogens with zero attached hydrogens (tertiary/aromatic N) is 2. The molecule has 1 aliphatic heterocycles. The van der Waals surface area contributed by atoms with Crippen LogP contribution in [0.4, 0.5) is 0 Å². The number of primary amides is 1. The first-order valence-electron chi connectivity index (χ1n) is 6.33. The second kappa shape index (κ2) is 5.80. The van der Waals surface area contributed by atoms with Crippen LogP contribution >= 0.6 is 0 Å². The molecule has 1 saturated heterocycles. The molecule has 0 aromatic carbocycles. The number of rotatable bonds is 5. The normalized spacial score (nSPS) is 23.5. The number of hydrogen-bond acceptors (Lipinski definition) is 4. The molecule has 1 unspecified atom stereocenters. The molecule has 17 heavy (non-hydrogen) atoms. The first-order chi connectivity index (χ1) is 7.86. The number of hydrogen-bond donors (Lipinski definition) is 2. The Morgan fingerprint density at radius 3 is 2.59 bits per heavy atom. The van der Waals surface area contributed by atoms with E-state index in [-0.39, 0.29) is 17.5 Å². The predicted octanol–water partition coefficient (Wildman–Crippen LogP) is -0.524. The zero-order chi connectivity index (χ0) is 13.1. The van der Waals surface area contributed by atoms with Crippen LogP contribution in [0.3, 0.4) is 0 Å². The maximum atomic E-state index is 11.3. The van der Waals surface area contributed by atoms with E-state index in [1.54, 1.807) is 0 Å². The van der Waals surface area contributed by atoms with Crippen molar-refractivity contribution in [2.24, 2.45) is 5.73 Å². The molecular weight excluding hydrogens is 216 g/mol. The van der Waals surface area contributed by atoms with Crippen LogP contribution in [0.1, 0.15) is 20.8 Å². The number of nitrogens with two attached hydrogens (primary N) is 1. The average molecular weight is 242 g/mol. The van der Waals surface area contributed by atoms with Crippen LogP contribution in [0.2, 0.25) is 0 Å². The van der Waals surface area contributed by atoms with Crippen molar-refractivity contribution in [2.75, 3.05) is 39.8 Å². The molecule has 1 fully saturated rings. The Kier molecular flexibility index (Phi) is 4.91. The SMILES string of the molecule is CCNC(CN1CCN(C)C(C)(C)C1)C(N)=O. The number of amides is 1. The Labute approximate surface area is 104 Å². The maximum Gasteiger partial charge on any atom is 0.235 e. The summed E-state index contributed by atoms with van der Waals surface area (Å²) in [6.07, 6.45) is 0. The summed E-state index contributed by atoms with van der Waals surface area (Å²) in [5.74, 6) is -0.261. The molecule has 1 heterocycles. The van der Waals surface area contributed by atoms with Gasteiger partial charge in [0.15, 0.2) is 0 Å². The maximum absolute atomic E-state index is 11.3. The molecule has 0 saturated carbocycles. The van der Waals surface area contributed by atoms with Gasteiger partial charge in [-0.05, 0) is 27.4 Å². The molecule has 1 aliphatic rings. The van der Waals surface area contributed by atoms with Crippen molar-refractivity contribution in [3.05, 3.63) is 0 Å². The Balaban J connectivity index is 2.54. The third-order valence-electron chi connectivity index (χ3n) is 3.63. The lowest BCUT2D eigenvalue weighted by atomic mass is 9.99. The monoisotopic (exact) mass is 242 g/mol. The van der Waals surface area contributed by atoms with E-state index in [2.05, 4.69) is 36.0 Å². The highest BCUT2D eigenvalue weighted by molar-refractivity contribution is 5.80. The predicted molar refractivity (Wildman–Crippen MR) is 69.8 cm³/mol. The lowest BCUT2D eigenvalue weighted by Crippen LogP contribution is -2.60.